The molecule has 0 aromatic heterocycles. The van der Waals surface area contributed by atoms with E-state index in [1.165, 1.54) is 0 Å². The first-order valence-electron chi connectivity index (χ1n) is 4.55. The van der Waals surface area contributed by atoms with Gasteiger partial charge in [-0.05, 0) is 18.5 Å². The summed E-state index contributed by atoms with van der Waals surface area (Å²) in [4.78, 5) is 0. The molecule has 1 unspecified atom stereocenters. The molecule has 4 nitrogen and oxygen atoms in total. The Kier molecular flexibility index (Phi) is 3.62. The van der Waals surface area contributed by atoms with Gasteiger partial charge in [0.25, 0.3) is 0 Å². The molecule has 1 rings (SSSR count). The van der Waals surface area contributed by atoms with Gasteiger partial charge in [0.2, 0.25) is 0 Å². The van der Waals surface area contributed by atoms with E-state index in [-0.39, 0.29) is 11.9 Å². The zero-order valence-electron chi connectivity index (χ0n) is 8.03. The van der Waals surface area contributed by atoms with Crippen molar-refractivity contribution in [3.63, 3.8) is 0 Å². The molecule has 7 N–H and O–H groups in total. The van der Waals surface area contributed by atoms with Gasteiger partial charge < -0.3 is 17.2 Å². The van der Waals surface area contributed by atoms with E-state index in [9.17, 15) is 0 Å². The highest BCUT2D eigenvalue weighted by molar-refractivity contribution is 5.94. The van der Waals surface area contributed by atoms with Crippen LogP contribution in [0.2, 0.25) is 0 Å². The topological polar surface area (TPSA) is 102 Å². The van der Waals surface area contributed by atoms with Gasteiger partial charge in [0.05, 0.1) is 0 Å². The van der Waals surface area contributed by atoms with E-state index in [0.29, 0.717) is 12.1 Å². The summed E-state index contributed by atoms with van der Waals surface area (Å²) in [6.45, 7) is 0.579. The van der Waals surface area contributed by atoms with Crippen molar-refractivity contribution in [2.24, 2.45) is 17.2 Å². The van der Waals surface area contributed by atoms with Gasteiger partial charge in [0.1, 0.15) is 5.84 Å². The third-order valence-corrected chi connectivity index (χ3v) is 2.13. The fourth-order valence-electron chi connectivity index (χ4n) is 1.26. The SMILES string of the molecule is N=C(N)c1ccc(C(N)CCN)cc1. The first-order chi connectivity index (χ1) is 6.65. The third kappa shape index (κ3) is 2.55. The Bertz CT molecular complexity index is 304. The Balaban J connectivity index is 2.77. The Hall–Kier alpha value is -1.39. The number of hydrogen-bond acceptors (Lipinski definition) is 3. The Labute approximate surface area is 83.6 Å². The van der Waals surface area contributed by atoms with Crippen molar-refractivity contribution in [2.45, 2.75) is 12.5 Å². The summed E-state index contributed by atoms with van der Waals surface area (Å²) in [6, 6.07) is 7.34. The van der Waals surface area contributed by atoms with Crippen LogP contribution in [0.15, 0.2) is 24.3 Å². The zero-order chi connectivity index (χ0) is 10.6. The molecule has 4 heteroatoms. The monoisotopic (exact) mass is 192 g/mol. The van der Waals surface area contributed by atoms with E-state index in [1.54, 1.807) is 12.1 Å². The van der Waals surface area contributed by atoms with Gasteiger partial charge in [-0.1, -0.05) is 24.3 Å². The van der Waals surface area contributed by atoms with E-state index < -0.39 is 0 Å². The normalized spacial score (nSPS) is 12.4. The lowest BCUT2D eigenvalue weighted by Gasteiger charge is -2.10. The van der Waals surface area contributed by atoms with Gasteiger partial charge in [-0.2, -0.15) is 0 Å². The van der Waals surface area contributed by atoms with E-state index in [4.69, 9.17) is 22.6 Å². The molecule has 1 atom stereocenters. The number of rotatable bonds is 4. The highest BCUT2D eigenvalue weighted by atomic mass is 14.7. The minimum absolute atomic E-state index is 0.0268. The van der Waals surface area contributed by atoms with Crippen LogP contribution in [0, 0.1) is 5.41 Å². The van der Waals surface area contributed by atoms with Gasteiger partial charge >= 0.3 is 0 Å². The number of hydrogen-bond donors (Lipinski definition) is 4. The molecule has 1 aromatic carbocycles. The summed E-state index contributed by atoms with van der Waals surface area (Å²) in [6.07, 6.45) is 0.763. The van der Waals surface area contributed by atoms with Crippen LogP contribution < -0.4 is 17.2 Å². The van der Waals surface area contributed by atoms with Gasteiger partial charge in [-0.15, -0.1) is 0 Å². The van der Waals surface area contributed by atoms with Gasteiger partial charge in [0, 0.05) is 11.6 Å². The first kappa shape index (κ1) is 10.7. The molecule has 0 radical (unpaired) electrons. The molecule has 0 aliphatic heterocycles. The van der Waals surface area contributed by atoms with Crippen LogP contribution in [0.1, 0.15) is 23.6 Å². The van der Waals surface area contributed by atoms with Crippen LogP contribution in [0.3, 0.4) is 0 Å². The van der Waals surface area contributed by atoms with Gasteiger partial charge in [-0.25, -0.2) is 0 Å². The highest BCUT2D eigenvalue weighted by Gasteiger charge is 2.04. The summed E-state index contributed by atoms with van der Waals surface area (Å²) >= 11 is 0. The van der Waals surface area contributed by atoms with E-state index >= 15 is 0 Å². The van der Waals surface area contributed by atoms with E-state index in [0.717, 1.165) is 12.0 Å². The summed E-state index contributed by atoms with van der Waals surface area (Å²) in [5, 5.41) is 7.22. The number of amidine groups is 1. The molecule has 0 heterocycles. The van der Waals surface area contributed by atoms with Crippen LogP contribution in [-0.2, 0) is 0 Å². The van der Waals surface area contributed by atoms with Crippen LogP contribution >= 0.6 is 0 Å². The van der Waals surface area contributed by atoms with Crippen LogP contribution in [-0.4, -0.2) is 12.4 Å². The summed E-state index contributed by atoms with van der Waals surface area (Å²) < 4.78 is 0. The van der Waals surface area contributed by atoms with Crippen molar-refractivity contribution in [3.8, 4) is 0 Å². The molecular weight excluding hydrogens is 176 g/mol. The third-order valence-electron chi connectivity index (χ3n) is 2.13. The average molecular weight is 192 g/mol. The van der Waals surface area contributed by atoms with Crippen molar-refractivity contribution >= 4 is 5.84 Å². The summed E-state index contributed by atoms with van der Waals surface area (Å²) in [5.41, 5.74) is 18.4. The van der Waals surface area contributed by atoms with Crippen LogP contribution in [0.5, 0.6) is 0 Å². The fourth-order valence-corrected chi connectivity index (χ4v) is 1.26. The van der Waals surface area contributed by atoms with Gasteiger partial charge in [-0.3, -0.25) is 5.41 Å². The molecule has 0 aliphatic carbocycles. The fraction of sp³-hybridized carbons (Fsp3) is 0.300. The van der Waals surface area contributed by atoms with Crippen molar-refractivity contribution in [1.29, 1.82) is 5.41 Å². The van der Waals surface area contributed by atoms with Crippen molar-refractivity contribution in [2.75, 3.05) is 6.54 Å². The molecule has 0 saturated heterocycles. The zero-order valence-corrected chi connectivity index (χ0v) is 8.03. The largest absolute Gasteiger partial charge is 0.384 e. The maximum absolute atomic E-state index is 7.22. The molecule has 0 aliphatic rings. The minimum atomic E-state index is -0.0268. The van der Waals surface area contributed by atoms with Crippen molar-refractivity contribution in [3.05, 3.63) is 35.4 Å². The number of nitrogen functional groups attached to an aromatic ring is 1. The lowest BCUT2D eigenvalue weighted by atomic mass is 10.0. The smallest absolute Gasteiger partial charge is 0.122 e. The molecule has 1 aromatic rings. The van der Waals surface area contributed by atoms with Crippen LogP contribution in [0.25, 0.3) is 0 Å². The number of nitrogens with two attached hydrogens (primary N) is 3. The maximum Gasteiger partial charge on any atom is 0.122 e. The molecule has 0 amide bonds. The first-order valence-corrected chi connectivity index (χ1v) is 4.55. The maximum atomic E-state index is 7.22. The number of benzene rings is 1. The second-order valence-electron chi connectivity index (χ2n) is 3.22. The summed E-state index contributed by atoms with van der Waals surface area (Å²) in [7, 11) is 0. The summed E-state index contributed by atoms with van der Waals surface area (Å²) in [5.74, 6) is 0.0731. The van der Waals surface area contributed by atoms with Crippen LogP contribution in [0.4, 0.5) is 0 Å². The standard InChI is InChI=1S/C10H16N4/c11-6-5-9(12)7-1-3-8(4-2-7)10(13)14/h1-4,9H,5-6,11-12H2,(H3,13,14). The molecule has 0 saturated carbocycles. The Morgan fingerprint density at radius 3 is 2.29 bits per heavy atom. The lowest BCUT2D eigenvalue weighted by Crippen LogP contribution is -2.16. The predicted octanol–water partition coefficient (Wildman–Crippen LogP) is 0.319. The highest BCUT2D eigenvalue weighted by Crippen LogP contribution is 2.13. The number of nitrogens with one attached hydrogen (secondary N) is 1. The molecule has 14 heavy (non-hydrogen) atoms. The van der Waals surface area contributed by atoms with Crippen molar-refractivity contribution in [1.82, 2.24) is 0 Å². The second kappa shape index (κ2) is 4.74. The van der Waals surface area contributed by atoms with Gasteiger partial charge in [0.15, 0.2) is 0 Å². The second-order valence-corrected chi connectivity index (χ2v) is 3.22. The molecule has 0 fully saturated rings. The lowest BCUT2D eigenvalue weighted by molar-refractivity contribution is 0.661. The predicted molar refractivity (Wildman–Crippen MR) is 58.1 cm³/mol. The Morgan fingerprint density at radius 2 is 1.86 bits per heavy atom. The molecular formula is C10H16N4. The average Bonchev–Trinajstić information content (AvgIpc) is 2.18. The minimum Gasteiger partial charge on any atom is -0.384 e. The van der Waals surface area contributed by atoms with Crippen molar-refractivity contribution < 1.29 is 0 Å². The quantitative estimate of drug-likeness (QED) is 0.408. The molecule has 0 bridgehead atoms. The van der Waals surface area contributed by atoms with E-state index in [2.05, 4.69) is 0 Å². The molecule has 76 valence electrons. The molecule has 0 spiro atoms. The Morgan fingerprint density at radius 1 is 1.29 bits per heavy atom. The van der Waals surface area contributed by atoms with E-state index in [1.807, 2.05) is 12.1 Å².